The van der Waals surface area contributed by atoms with Gasteiger partial charge >= 0.3 is 0 Å². The highest BCUT2D eigenvalue weighted by Gasteiger charge is 2.12. The van der Waals surface area contributed by atoms with Crippen molar-refractivity contribution in [3.63, 3.8) is 0 Å². The third-order valence-corrected chi connectivity index (χ3v) is 2.84. The predicted molar refractivity (Wildman–Crippen MR) is 69.9 cm³/mol. The molecule has 94 valence electrons. The number of rotatable bonds is 2. The highest BCUT2D eigenvalue weighted by atomic mass is 35.5. The molecule has 0 amide bonds. The van der Waals surface area contributed by atoms with E-state index in [2.05, 4.69) is 25.1 Å². The summed E-state index contributed by atoms with van der Waals surface area (Å²) in [6.45, 7) is 0. The zero-order valence-electron chi connectivity index (χ0n) is 9.16. The molecule has 0 aliphatic carbocycles. The van der Waals surface area contributed by atoms with Crippen LogP contribution in [0.4, 0.5) is 5.69 Å². The maximum atomic E-state index is 10.3. The van der Waals surface area contributed by atoms with Crippen LogP contribution in [0.2, 0.25) is 10.4 Å². The van der Waals surface area contributed by atoms with Crippen LogP contribution in [0, 0.1) is 4.91 Å². The molecule has 0 saturated carbocycles. The van der Waals surface area contributed by atoms with Gasteiger partial charge in [0.25, 0.3) is 0 Å². The van der Waals surface area contributed by atoms with Crippen LogP contribution in [0.3, 0.4) is 0 Å². The molecule has 0 aliphatic heterocycles. The molecule has 0 spiro atoms. The molecule has 0 fully saturated rings. The minimum absolute atomic E-state index is 0.0189. The predicted octanol–water partition coefficient (Wildman–Crippen LogP) is 2.92. The molecule has 3 aromatic rings. The van der Waals surface area contributed by atoms with Crippen LogP contribution >= 0.6 is 23.2 Å². The van der Waals surface area contributed by atoms with E-state index in [0.29, 0.717) is 17.0 Å². The summed E-state index contributed by atoms with van der Waals surface area (Å²) in [6, 6.07) is 3.15. The number of imidazole rings is 1. The Balaban J connectivity index is 2.21. The van der Waals surface area contributed by atoms with Crippen LogP contribution in [0.5, 0.6) is 0 Å². The highest BCUT2D eigenvalue weighted by molar-refractivity contribution is 6.35. The zero-order valence-corrected chi connectivity index (χ0v) is 10.7. The Kier molecular flexibility index (Phi) is 2.84. The topological polar surface area (TPSA) is 85.9 Å². The first kappa shape index (κ1) is 11.9. The summed E-state index contributed by atoms with van der Waals surface area (Å²) >= 11 is 11.7. The minimum atomic E-state index is 0.0189. The molecule has 0 saturated heterocycles. The molecular formula is C10H4Cl2N6O. The Hall–Kier alpha value is -2.12. The summed E-state index contributed by atoms with van der Waals surface area (Å²) in [5, 5.41) is 2.96. The second-order valence-corrected chi connectivity index (χ2v) is 4.23. The van der Waals surface area contributed by atoms with Crippen LogP contribution in [0.1, 0.15) is 0 Å². The Morgan fingerprint density at radius 1 is 1.16 bits per heavy atom. The van der Waals surface area contributed by atoms with Gasteiger partial charge in [0, 0.05) is 0 Å². The van der Waals surface area contributed by atoms with Crippen molar-refractivity contribution in [1.29, 1.82) is 0 Å². The second-order valence-electron chi connectivity index (χ2n) is 3.54. The maximum absolute atomic E-state index is 10.3. The van der Waals surface area contributed by atoms with E-state index in [0.717, 1.165) is 0 Å². The number of nitrogens with zero attached hydrogens (tertiary/aromatic N) is 6. The smallest absolute Gasteiger partial charge is 0.225 e. The molecule has 0 unspecified atom stereocenters. The Bertz CT molecular complexity index is 770. The van der Waals surface area contributed by atoms with Crippen molar-refractivity contribution in [1.82, 2.24) is 24.5 Å². The molecule has 19 heavy (non-hydrogen) atoms. The van der Waals surface area contributed by atoms with Crippen LogP contribution in [-0.4, -0.2) is 24.5 Å². The van der Waals surface area contributed by atoms with E-state index in [1.54, 1.807) is 10.6 Å². The second kappa shape index (κ2) is 4.52. The fourth-order valence-corrected chi connectivity index (χ4v) is 2.00. The summed E-state index contributed by atoms with van der Waals surface area (Å²) in [5.41, 5.74) is 1.09. The molecule has 3 heterocycles. The van der Waals surface area contributed by atoms with Crippen molar-refractivity contribution in [3.8, 4) is 5.82 Å². The molecule has 9 heteroatoms. The first-order valence-corrected chi connectivity index (χ1v) is 5.80. The summed E-state index contributed by atoms with van der Waals surface area (Å²) in [5.74, 6) is 0.515. The standard InChI is InChI=1S/C10H4Cl2N6O/c11-8-7-9(16-10(12)15-8)18(4-14-7)6-2-1-5(17-19)3-13-6/h1-4H. The van der Waals surface area contributed by atoms with E-state index < -0.39 is 0 Å². The number of hydrogen-bond acceptors (Lipinski definition) is 6. The number of aromatic nitrogens is 5. The molecule has 0 aromatic carbocycles. The van der Waals surface area contributed by atoms with Crippen LogP contribution in [0.15, 0.2) is 29.8 Å². The lowest BCUT2D eigenvalue weighted by atomic mass is 10.4. The summed E-state index contributed by atoms with van der Waals surface area (Å²) in [4.78, 5) is 26.4. The number of nitroso groups, excluding NO2 is 1. The molecule has 7 nitrogen and oxygen atoms in total. The minimum Gasteiger partial charge on any atom is -0.267 e. The quantitative estimate of drug-likeness (QED) is 0.412. The largest absolute Gasteiger partial charge is 0.267 e. The lowest BCUT2D eigenvalue weighted by Gasteiger charge is -2.02. The molecule has 0 bridgehead atoms. The maximum Gasteiger partial charge on any atom is 0.225 e. The average molecular weight is 295 g/mol. The number of halogens is 2. The molecule has 0 aliphatic rings. The van der Waals surface area contributed by atoms with Gasteiger partial charge in [-0.15, -0.1) is 4.91 Å². The number of pyridine rings is 1. The van der Waals surface area contributed by atoms with E-state index in [1.165, 1.54) is 18.6 Å². The van der Waals surface area contributed by atoms with Crippen molar-refractivity contribution in [3.05, 3.63) is 40.0 Å². The molecule has 0 atom stereocenters. The van der Waals surface area contributed by atoms with Gasteiger partial charge in [0.05, 0.1) is 6.20 Å². The normalized spacial score (nSPS) is 10.8. The van der Waals surface area contributed by atoms with Crippen molar-refractivity contribution in [2.75, 3.05) is 0 Å². The van der Waals surface area contributed by atoms with Gasteiger partial charge in [-0.05, 0) is 28.9 Å². The zero-order chi connectivity index (χ0) is 13.4. The number of hydrogen-bond donors (Lipinski definition) is 0. The van der Waals surface area contributed by atoms with Gasteiger partial charge in [-0.1, -0.05) is 11.6 Å². The Labute approximate surface area is 116 Å². The van der Waals surface area contributed by atoms with E-state index in [9.17, 15) is 4.91 Å². The van der Waals surface area contributed by atoms with Gasteiger partial charge < -0.3 is 0 Å². The van der Waals surface area contributed by atoms with Crippen molar-refractivity contribution in [2.24, 2.45) is 5.18 Å². The SMILES string of the molecule is O=Nc1ccc(-n2cnc3c(Cl)nc(Cl)nc32)nc1. The van der Waals surface area contributed by atoms with Crippen molar-refractivity contribution >= 4 is 40.1 Å². The van der Waals surface area contributed by atoms with Crippen LogP contribution in [0.25, 0.3) is 17.0 Å². The molecule has 3 aromatic heterocycles. The molecular weight excluding hydrogens is 291 g/mol. The molecule has 0 radical (unpaired) electrons. The number of fused-ring (bicyclic) bond motifs is 1. The summed E-state index contributed by atoms with van der Waals surface area (Å²) < 4.78 is 1.59. The Morgan fingerprint density at radius 2 is 2.00 bits per heavy atom. The fourth-order valence-electron chi connectivity index (χ4n) is 1.58. The monoisotopic (exact) mass is 294 g/mol. The van der Waals surface area contributed by atoms with Crippen LogP contribution < -0.4 is 0 Å². The van der Waals surface area contributed by atoms with Gasteiger partial charge in [-0.3, -0.25) is 4.57 Å². The summed E-state index contributed by atoms with van der Waals surface area (Å²) in [6.07, 6.45) is 2.84. The molecule has 3 rings (SSSR count). The van der Waals surface area contributed by atoms with Crippen LogP contribution in [-0.2, 0) is 0 Å². The van der Waals surface area contributed by atoms with Gasteiger partial charge in [-0.2, -0.15) is 4.98 Å². The van der Waals surface area contributed by atoms with E-state index in [1.807, 2.05) is 0 Å². The Morgan fingerprint density at radius 3 is 2.68 bits per heavy atom. The first-order chi connectivity index (χ1) is 9.19. The average Bonchev–Trinajstić information content (AvgIpc) is 2.83. The third-order valence-electron chi connectivity index (χ3n) is 2.41. The first-order valence-electron chi connectivity index (χ1n) is 5.05. The van der Waals surface area contributed by atoms with E-state index in [4.69, 9.17) is 23.2 Å². The van der Waals surface area contributed by atoms with Gasteiger partial charge in [-0.25, -0.2) is 15.0 Å². The molecule has 0 N–H and O–H groups in total. The summed E-state index contributed by atoms with van der Waals surface area (Å²) in [7, 11) is 0. The highest BCUT2D eigenvalue weighted by Crippen LogP contribution is 2.23. The third kappa shape index (κ3) is 2.02. The van der Waals surface area contributed by atoms with Gasteiger partial charge in [0.15, 0.2) is 10.8 Å². The lowest BCUT2D eigenvalue weighted by molar-refractivity contribution is 1.00. The van der Waals surface area contributed by atoms with E-state index in [-0.39, 0.29) is 16.1 Å². The van der Waals surface area contributed by atoms with Gasteiger partial charge in [0.1, 0.15) is 23.3 Å². The van der Waals surface area contributed by atoms with E-state index >= 15 is 0 Å². The van der Waals surface area contributed by atoms with Gasteiger partial charge in [0.2, 0.25) is 5.28 Å². The fraction of sp³-hybridized carbons (Fsp3) is 0. The van der Waals surface area contributed by atoms with Crippen molar-refractivity contribution < 1.29 is 0 Å². The van der Waals surface area contributed by atoms with Crippen molar-refractivity contribution in [2.45, 2.75) is 0 Å². The lowest BCUT2D eigenvalue weighted by Crippen LogP contribution is -1.97.